The molecule has 0 saturated carbocycles. The number of alkyl halides is 3. The number of halogens is 5. The van der Waals surface area contributed by atoms with Crippen LogP contribution in [0.5, 0.6) is 0 Å². The van der Waals surface area contributed by atoms with E-state index in [4.69, 9.17) is 37.8 Å². The van der Waals surface area contributed by atoms with Gasteiger partial charge in [-0.05, 0) is 89.4 Å². The highest BCUT2D eigenvalue weighted by atomic mass is 35.5. The first-order chi connectivity index (χ1) is 20.6. The Balaban J connectivity index is 0.000000173. The molecular formula is C29H33Cl2F3N6O4. The number of benzene rings is 2. The SMILES string of the molecule is CC(C)(C)OC(=O)N1CCC[C@H]1c1nc2ccc(Cl)cc2[nH]1.Clc1ccc2nc([C@@H]3CCCN3)[nH]c2c1.O=C(O)C(F)(F)F. The number of amides is 1. The van der Waals surface area contributed by atoms with Gasteiger partial charge in [-0.25, -0.2) is 19.6 Å². The quantitative estimate of drug-likeness (QED) is 0.175. The maximum atomic E-state index is 12.4. The Morgan fingerprint density at radius 2 is 1.48 bits per heavy atom. The van der Waals surface area contributed by atoms with Gasteiger partial charge in [0, 0.05) is 16.6 Å². The van der Waals surface area contributed by atoms with Crippen LogP contribution in [0.4, 0.5) is 18.0 Å². The number of carbonyl (C=O) groups excluding carboxylic acids is 1. The Morgan fingerprint density at radius 3 is 1.98 bits per heavy atom. The van der Waals surface area contributed by atoms with Gasteiger partial charge in [-0.3, -0.25) is 4.90 Å². The summed E-state index contributed by atoms with van der Waals surface area (Å²) in [5.41, 5.74) is 3.26. The number of aromatic amines is 2. The molecule has 44 heavy (non-hydrogen) atoms. The van der Waals surface area contributed by atoms with Crippen molar-refractivity contribution in [3.63, 3.8) is 0 Å². The molecule has 2 fully saturated rings. The van der Waals surface area contributed by atoms with Gasteiger partial charge in [0.05, 0.1) is 34.2 Å². The highest BCUT2D eigenvalue weighted by Gasteiger charge is 2.38. The Bertz CT molecular complexity index is 1610. The highest BCUT2D eigenvalue weighted by molar-refractivity contribution is 6.31. The number of carboxylic acids is 1. The van der Waals surface area contributed by atoms with E-state index in [2.05, 4.69) is 25.3 Å². The van der Waals surface area contributed by atoms with Gasteiger partial charge in [0.15, 0.2) is 0 Å². The van der Waals surface area contributed by atoms with E-state index in [0.29, 0.717) is 17.6 Å². The van der Waals surface area contributed by atoms with Crippen molar-refractivity contribution >= 4 is 57.3 Å². The van der Waals surface area contributed by atoms with E-state index in [-0.39, 0.29) is 12.1 Å². The molecule has 2 saturated heterocycles. The molecule has 4 N–H and O–H groups in total. The maximum absolute atomic E-state index is 12.4. The molecule has 10 nitrogen and oxygen atoms in total. The summed E-state index contributed by atoms with van der Waals surface area (Å²) >= 11 is 11.9. The first kappa shape index (κ1) is 33.3. The van der Waals surface area contributed by atoms with Crippen LogP contribution >= 0.6 is 23.2 Å². The van der Waals surface area contributed by atoms with Crippen molar-refractivity contribution in [2.24, 2.45) is 0 Å². The molecule has 2 atom stereocenters. The molecule has 0 aliphatic carbocycles. The van der Waals surface area contributed by atoms with Crippen LogP contribution < -0.4 is 5.32 Å². The van der Waals surface area contributed by atoms with Crippen LogP contribution in [0.15, 0.2) is 36.4 Å². The molecule has 0 radical (unpaired) electrons. The normalized spacial score (nSPS) is 18.5. The molecule has 0 spiro atoms. The fourth-order valence-electron chi connectivity index (χ4n) is 4.83. The molecule has 2 aromatic heterocycles. The molecule has 2 aromatic carbocycles. The summed E-state index contributed by atoms with van der Waals surface area (Å²) in [6.45, 7) is 7.40. The van der Waals surface area contributed by atoms with E-state index in [0.717, 1.165) is 64.5 Å². The van der Waals surface area contributed by atoms with Crippen LogP contribution in [-0.2, 0) is 9.53 Å². The molecule has 6 rings (SSSR count). The molecule has 15 heteroatoms. The second-order valence-corrected chi connectivity index (χ2v) is 12.2. The van der Waals surface area contributed by atoms with Gasteiger partial charge >= 0.3 is 18.2 Å². The lowest BCUT2D eigenvalue weighted by Crippen LogP contribution is -2.36. The first-order valence-electron chi connectivity index (χ1n) is 13.9. The number of nitrogens with one attached hydrogen (secondary N) is 3. The van der Waals surface area contributed by atoms with Gasteiger partial charge in [0.25, 0.3) is 0 Å². The third kappa shape index (κ3) is 8.76. The van der Waals surface area contributed by atoms with Crippen LogP contribution in [0.3, 0.4) is 0 Å². The number of rotatable bonds is 2. The van der Waals surface area contributed by atoms with E-state index in [1.807, 2.05) is 57.2 Å². The van der Waals surface area contributed by atoms with Crippen LogP contribution in [0.25, 0.3) is 22.1 Å². The number of fused-ring (bicyclic) bond motifs is 2. The van der Waals surface area contributed by atoms with Crippen LogP contribution in [-0.4, -0.2) is 66.9 Å². The minimum atomic E-state index is -5.08. The van der Waals surface area contributed by atoms with Crippen molar-refractivity contribution in [1.29, 1.82) is 0 Å². The summed E-state index contributed by atoms with van der Waals surface area (Å²) in [7, 11) is 0. The molecule has 2 aliphatic heterocycles. The number of H-pyrrole nitrogens is 2. The van der Waals surface area contributed by atoms with Crippen molar-refractivity contribution in [1.82, 2.24) is 30.2 Å². The predicted molar refractivity (Wildman–Crippen MR) is 161 cm³/mol. The van der Waals surface area contributed by atoms with Crippen LogP contribution in [0.2, 0.25) is 10.0 Å². The van der Waals surface area contributed by atoms with Crippen molar-refractivity contribution in [2.75, 3.05) is 13.1 Å². The fourth-order valence-corrected chi connectivity index (χ4v) is 5.18. The number of carbonyl (C=O) groups is 2. The lowest BCUT2D eigenvalue weighted by atomic mass is 10.2. The van der Waals surface area contributed by atoms with Gasteiger partial charge < -0.3 is 25.1 Å². The van der Waals surface area contributed by atoms with E-state index in [1.165, 1.54) is 6.42 Å². The fraction of sp³-hybridized carbons (Fsp3) is 0.448. The van der Waals surface area contributed by atoms with Gasteiger partial charge in [-0.2, -0.15) is 13.2 Å². The van der Waals surface area contributed by atoms with Crippen molar-refractivity contribution < 1.29 is 32.6 Å². The minimum Gasteiger partial charge on any atom is -0.475 e. The summed E-state index contributed by atoms with van der Waals surface area (Å²) in [6.07, 6.45) is -1.15. The number of hydrogen-bond acceptors (Lipinski definition) is 6. The minimum absolute atomic E-state index is 0.0685. The monoisotopic (exact) mass is 656 g/mol. The topological polar surface area (TPSA) is 136 Å². The smallest absolute Gasteiger partial charge is 0.475 e. The van der Waals surface area contributed by atoms with Gasteiger partial charge in [0.2, 0.25) is 0 Å². The van der Waals surface area contributed by atoms with Crippen LogP contribution in [0.1, 0.15) is 70.2 Å². The van der Waals surface area contributed by atoms with E-state index in [1.54, 1.807) is 4.90 Å². The lowest BCUT2D eigenvalue weighted by Gasteiger charge is -2.27. The lowest BCUT2D eigenvalue weighted by molar-refractivity contribution is -0.192. The maximum Gasteiger partial charge on any atom is 0.490 e. The zero-order valence-electron chi connectivity index (χ0n) is 24.3. The van der Waals surface area contributed by atoms with Gasteiger partial charge in [0.1, 0.15) is 17.2 Å². The largest absolute Gasteiger partial charge is 0.490 e. The number of aliphatic carboxylic acids is 1. The second-order valence-electron chi connectivity index (χ2n) is 11.4. The Kier molecular flexibility index (Phi) is 10.3. The zero-order chi connectivity index (χ0) is 32.2. The molecule has 0 unspecified atom stereocenters. The number of aromatic nitrogens is 4. The Hall–Kier alpha value is -3.55. The number of nitrogens with zero attached hydrogens (tertiary/aromatic N) is 3. The third-order valence-electron chi connectivity index (χ3n) is 6.75. The van der Waals surface area contributed by atoms with Crippen LogP contribution in [0, 0.1) is 0 Å². The molecule has 238 valence electrons. The Labute approximate surface area is 261 Å². The number of ether oxygens (including phenoxy) is 1. The molecule has 1 amide bonds. The van der Waals surface area contributed by atoms with Crippen molar-refractivity contribution in [2.45, 2.75) is 70.3 Å². The van der Waals surface area contributed by atoms with E-state index < -0.39 is 17.7 Å². The molecule has 4 heterocycles. The Morgan fingerprint density at radius 1 is 0.932 bits per heavy atom. The summed E-state index contributed by atoms with van der Waals surface area (Å²) in [5, 5.41) is 12.0. The molecular weight excluding hydrogens is 624 g/mol. The molecule has 2 aliphatic rings. The number of carboxylic acid groups (broad SMARTS) is 1. The first-order valence-corrected chi connectivity index (χ1v) is 14.7. The predicted octanol–water partition coefficient (Wildman–Crippen LogP) is 7.56. The zero-order valence-corrected chi connectivity index (χ0v) is 25.8. The standard InChI is InChI=1S/C16H20ClN3O2.C11H12ClN3.C2HF3O2/c1-16(2,3)22-15(21)20-8-4-5-13(20)14-18-11-7-6-10(17)9-12(11)19-14;12-7-3-4-8-10(6-7)15-11(14-8)9-2-1-5-13-9;3-2(4,5)1(6)7/h6-7,9,13H,4-5,8H2,1-3H3,(H,18,19);3-4,6,9,13H,1-2,5H2,(H,14,15);(H,6,7)/t13-;9-;/m00./s1. The summed E-state index contributed by atoms with van der Waals surface area (Å²) < 4.78 is 37.2. The summed E-state index contributed by atoms with van der Waals surface area (Å²) in [4.78, 5) is 38.8. The third-order valence-corrected chi connectivity index (χ3v) is 7.22. The van der Waals surface area contributed by atoms with Crippen molar-refractivity contribution in [3.8, 4) is 0 Å². The average molecular weight is 658 g/mol. The average Bonchev–Trinajstić information content (AvgIpc) is 3.73. The molecule has 0 bridgehead atoms. The van der Waals surface area contributed by atoms with Crippen molar-refractivity contribution in [3.05, 3.63) is 58.1 Å². The number of hydrogen-bond donors (Lipinski definition) is 4. The van der Waals surface area contributed by atoms with E-state index in [9.17, 15) is 18.0 Å². The molecule has 4 aromatic rings. The summed E-state index contributed by atoms with van der Waals surface area (Å²) in [5.74, 6) is -0.933. The highest BCUT2D eigenvalue weighted by Crippen LogP contribution is 2.33. The number of imidazole rings is 2. The number of likely N-dealkylation sites (tertiary alicyclic amines) is 1. The van der Waals surface area contributed by atoms with E-state index >= 15 is 0 Å². The van der Waals surface area contributed by atoms with Gasteiger partial charge in [-0.1, -0.05) is 23.2 Å². The van der Waals surface area contributed by atoms with Gasteiger partial charge in [-0.15, -0.1) is 0 Å². The second kappa shape index (κ2) is 13.6. The summed E-state index contributed by atoms with van der Waals surface area (Å²) in [6, 6.07) is 11.6.